The number of hydrogen-bond acceptors (Lipinski definition) is 4. The molecule has 4 nitrogen and oxygen atoms in total. The molecule has 42 heavy (non-hydrogen) atoms. The highest BCUT2D eigenvalue weighted by Crippen LogP contribution is 2.73. The number of nitrogens with zero attached hydrogens (tertiary/aromatic N) is 2. The number of aliphatic hydroxyl groups is 1. The van der Waals surface area contributed by atoms with Gasteiger partial charge in [0.1, 0.15) is 5.60 Å². The van der Waals surface area contributed by atoms with Crippen molar-refractivity contribution in [1.29, 1.82) is 0 Å². The maximum Gasteiger partial charge on any atom is 0.417 e. The lowest BCUT2D eigenvalue weighted by Crippen LogP contribution is -2.79. The number of aromatic nitrogens is 1. The lowest BCUT2D eigenvalue weighted by Gasteiger charge is -2.73. The number of hydrogen-bond donors (Lipinski definition) is 1. The summed E-state index contributed by atoms with van der Waals surface area (Å²) in [6.07, 6.45) is 11.3. The highest BCUT2D eigenvalue weighted by atomic mass is 35.5. The summed E-state index contributed by atoms with van der Waals surface area (Å²) in [4.78, 5) is 11.5. The molecule has 0 radical (unpaired) electrons. The van der Waals surface area contributed by atoms with Crippen LogP contribution in [0, 0.1) is 46.3 Å². The van der Waals surface area contributed by atoms with Crippen molar-refractivity contribution in [2.45, 2.75) is 110 Å². The summed E-state index contributed by atoms with van der Waals surface area (Å²) in [7, 11) is 0. The van der Waals surface area contributed by atoms with Crippen LogP contribution in [0.1, 0.15) is 92.1 Å². The van der Waals surface area contributed by atoms with E-state index in [0.29, 0.717) is 36.5 Å². The second-order valence-corrected chi connectivity index (χ2v) is 15.4. The molecule has 1 aromatic rings. The molecule has 3 heterocycles. The zero-order chi connectivity index (χ0) is 30.5. The van der Waals surface area contributed by atoms with E-state index in [1.807, 2.05) is 0 Å². The Balaban J connectivity index is 1.42. The largest absolute Gasteiger partial charge is 0.417 e. The van der Waals surface area contributed by atoms with Crippen molar-refractivity contribution in [3.8, 4) is 0 Å². The molecule has 7 rings (SSSR count). The molecule has 1 aromatic heterocycles. The Labute approximate surface area is 253 Å². The minimum Gasteiger partial charge on any atom is -0.393 e. The average Bonchev–Trinajstić information content (AvgIpc) is 3.28. The number of allylic oxidation sites excluding steroid dienone is 2. The maximum atomic E-state index is 13.5. The molecule has 4 fully saturated rings. The van der Waals surface area contributed by atoms with Crippen LogP contribution in [0.15, 0.2) is 36.6 Å². The molecule has 232 valence electrons. The molecule has 4 aliphatic carbocycles. The highest BCUT2D eigenvalue weighted by Gasteiger charge is 2.75. The Kier molecular flexibility index (Phi) is 7.23. The fraction of sp³-hybridized carbons (Fsp3) is 0.735. The van der Waals surface area contributed by atoms with Gasteiger partial charge in [-0.3, -0.25) is 4.84 Å². The molecule has 2 bridgehead atoms. The normalized spacial score (nSPS) is 42.5. The quantitative estimate of drug-likeness (QED) is 0.340. The Bertz CT molecular complexity index is 1280. The number of fused-ring (bicyclic) bond motifs is 2. The van der Waals surface area contributed by atoms with Gasteiger partial charge in [-0.15, -0.1) is 0 Å². The lowest BCUT2D eigenvalue weighted by molar-refractivity contribution is -0.273. The molecule has 0 amide bonds. The molecule has 1 N–H and O–H groups in total. The number of halogens is 4. The van der Waals surface area contributed by atoms with Gasteiger partial charge in [0.2, 0.25) is 0 Å². The Morgan fingerprint density at radius 1 is 1.05 bits per heavy atom. The van der Waals surface area contributed by atoms with Gasteiger partial charge in [-0.2, -0.15) is 13.2 Å². The van der Waals surface area contributed by atoms with Crippen molar-refractivity contribution in [1.82, 2.24) is 4.98 Å². The average molecular weight is 607 g/mol. The van der Waals surface area contributed by atoms with E-state index in [1.165, 1.54) is 0 Å². The van der Waals surface area contributed by atoms with Gasteiger partial charge in [0.25, 0.3) is 0 Å². The van der Waals surface area contributed by atoms with Gasteiger partial charge in [0.05, 0.1) is 22.2 Å². The van der Waals surface area contributed by atoms with E-state index in [-0.39, 0.29) is 33.5 Å². The standard InChI is InChI=1S/C34H46ClF3N2O2/c1-20(2)21(3)7-8-22(4)25-9-10-27-30(25,5)13-12-28-31(6)14-11-24(41)18-32(31)15-16-33(27,28)42-40(32)29-26(35)17-23(19-39-29)34(36,37)38/h7-8,15-17,19-22,24-25,27-28,41H,9-14,18H2,1-6H3/b8-7+/t21-,22+,24-,25+,27+,28?,30+,31+,32+,33-/m0/s1. The van der Waals surface area contributed by atoms with Crippen molar-refractivity contribution >= 4 is 17.4 Å². The van der Waals surface area contributed by atoms with Crippen LogP contribution < -0.4 is 5.06 Å². The Morgan fingerprint density at radius 2 is 1.79 bits per heavy atom. The molecule has 3 saturated carbocycles. The first-order chi connectivity index (χ1) is 19.6. The third kappa shape index (κ3) is 4.18. The number of aliphatic hydroxyl groups excluding tert-OH is 1. The van der Waals surface area contributed by atoms with Crippen LogP contribution >= 0.6 is 11.6 Å². The van der Waals surface area contributed by atoms with E-state index >= 15 is 0 Å². The van der Waals surface area contributed by atoms with E-state index in [1.54, 1.807) is 5.06 Å². The summed E-state index contributed by atoms with van der Waals surface area (Å²) in [6.45, 7) is 13.9. The maximum absolute atomic E-state index is 13.5. The van der Waals surface area contributed by atoms with Gasteiger partial charge >= 0.3 is 6.18 Å². The molecule has 6 aliphatic rings. The Morgan fingerprint density at radius 3 is 2.45 bits per heavy atom. The summed E-state index contributed by atoms with van der Waals surface area (Å²) in [6, 6.07) is 0.949. The van der Waals surface area contributed by atoms with Crippen LogP contribution in [-0.2, 0) is 11.0 Å². The monoisotopic (exact) mass is 606 g/mol. The van der Waals surface area contributed by atoms with Crippen LogP contribution in [0.4, 0.5) is 19.0 Å². The first kappa shape index (κ1) is 30.5. The van der Waals surface area contributed by atoms with Crippen LogP contribution in [-0.4, -0.2) is 27.3 Å². The third-order valence-corrected chi connectivity index (χ3v) is 13.0. The van der Waals surface area contributed by atoms with Crippen molar-refractivity contribution < 1.29 is 23.1 Å². The first-order valence-electron chi connectivity index (χ1n) is 15.9. The molecule has 10 atom stereocenters. The number of anilines is 1. The van der Waals surface area contributed by atoms with Crippen molar-refractivity contribution in [2.24, 2.45) is 46.3 Å². The van der Waals surface area contributed by atoms with Gasteiger partial charge in [-0.25, -0.2) is 10.0 Å². The molecule has 2 aliphatic heterocycles. The zero-order valence-electron chi connectivity index (χ0n) is 25.7. The van der Waals surface area contributed by atoms with Gasteiger partial charge in [-0.1, -0.05) is 77.4 Å². The fourth-order valence-electron chi connectivity index (χ4n) is 10.0. The molecular weight excluding hydrogens is 561 g/mol. The van der Waals surface area contributed by atoms with Crippen LogP contribution in [0.3, 0.4) is 0 Å². The van der Waals surface area contributed by atoms with Gasteiger partial charge in [0, 0.05) is 29.9 Å². The molecule has 0 aromatic carbocycles. The summed E-state index contributed by atoms with van der Waals surface area (Å²) in [5, 5.41) is 12.6. The van der Waals surface area contributed by atoms with E-state index in [4.69, 9.17) is 16.4 Å². The summed E-state index contributed by atoms with van der Waals surface area (Å²) in [5.41, 5.74) is -2.45. The smallest absolute Gasteiger partial charge is 0.393 e. The minimum atomic E-state index is -4.55. The van der Waals surface area contributed by atoms with Gasteiger partial charge in [-0.05, 0) is 73.7 Å². The van der Waals surface area contributed by atoms with Gasteiger partial charge in [0.15, 0.2) is 5.82 Å². The molecule has 1 unspecified atom stereocenters. The second kappa shape index (κ2) is 9.97. The van der Waals surface area contributed by atoms with Gasteiger partial charge < -0.3 is 5.11 Å². The highest BCUT2D eigenvalue weighted by molar-refractivity contribution is 6.33. The van der Waals surface area contributed by atoms with Crippen molar-refractivity contribution in [3.63, 3.8) is 0 Å². The SMILES string of the molecule is CC(C)[C@@H](C)/C=C/[C@@H](C)[C@H]1CC[C@@H]2[C@]1(C)CCC1[C@]23C=C[C@]2(C[C@@H](O)CC[C@]12C)N(c1ncc(C(F)(F)F)cc1Cl)O3. The van der Waals surface area contributed by atoms with Crippen LogP contribution in [0.5, 0.6) is 0 Å². The number of alkyl halides is 3. The van der Waals surface area contributed by atoms with E-state index in [9.17, 15) is 18.3 Å². The number of hydroxylamine groups is 1. The topological polar surface area (TPSA) is 45.6 Å². The van der Waals surface area contributed by atoms with Crippen LogP contribution in [0.2, 0.25) is 5.02 Å². The summed E-state index contributed by atoms with van der Waals surface area (Å²) >= 11 is 6.60. The predicted molar refractivity (Wildman–Crippen MR) is 160 cm³/mol. The molecule has 1 saturated heterocycles. The second-order valence-electron chi connectivity index (χ2n) is 15.0. The minimum absolute atomic E-state index is 0.0522. The number of rotatable bonds is 5. The molecule has 2 spiro atoms. The van der Waals surface area contributed by atoms with Crippen LogP contribution in [0.25, 0.3) is 0 Å². The third-order valence-electron chi connectivity index (χ3n) is 12.7. The zero-order valence-corrected chi connectivity index (χ0v) is 26.5. The predicted octanol–water partition coefficient (Wildman–Crippen LogP) is 9.03. The molecule has 8 heteroatoms. The fourth-order valence-corrected chi connectivity index (χ4v) is 10.3. The summed E-state index contributed by atoms with van der Waals surface area (Å²) < 4.78 is 40.6. The van der Waals surface area contributed by atoms with E-state index in [0.717, 1.165) is 44.4 Å². The van der Waals surface area contributed by atoms with E-state index < -0.39 is 29.0 Å². The summed E-state index contributed by atoms with van der Waals surface area (Å²) in [5.74, 6) is 2.77. The lowest BCUT2D eigenvalue weighted by atomic mass is 9.41. The van der Waals surface area contributed by atoms with Crippen molar-refractivity contribution in [2.75, 3.05) is 5.06 Å². The first-order valence-corrected chi connectivity index (χ1v) is 16.3. The Hall–Kier alpha value is -1.57. The molecular formula is C34H46ClF3N2O2. The van der Waals surface area contributed by atoms with E-state index in [2.05, 4.69) is 70.8 Å². The van der Waals surface area contributed by atoms with Crippen molar-refractivity contribution in [3.05, 3.63) is 47.2 Å². The number of pyridine rings is 1.